The van der Waals surface area contributed by atoms with Crippen LogP contribution in [0.4, 0.5) is 0 Å². The Morgan fingerprint density at radius 1 is 1.21 bits per heavy atom. The topological polar surface area (TPSA) is 89.4 Å². The molecular weight excluding hydrogens is 378 g/mol. The molecule has 1 aliphatic carbocycles. The first-order chi connectivity index (χ1) is 13.4. The van der Waals surface area contributed by atoms with Crippen LogP contribution in [0.5, 0.6) is 0 Å². The van der Waals surface area contributed by atoms with Crippen LogP contribution in [0.1, 0.15) is 29.6 Å². The Kier molecular flexibility index (Phi) is 4.59. The van der Waals surface area contributed by atoms with Gasteiger partial charge in [0.1, 0.15) is 11.1 Å². The number of likely N-dealkylation sites (N-methyl/N-ethyl adjacent to an activating group) is 1. The largest absolute Gasteiger partial charge is 0.436 e. The second-order valence-electron chi connectivity index (χ2n) is 7.00. The zero-order chi connectivity index (χ0) is 19.9. The lowest BCUT2D eigenvalue weighted by Crippen LogP contribution is -2.56. The van der Waals surface area contributed by atoms with Gasteiger partial charge in [0, 0.05) is 29.3 Å². The van der Waals surface area contributed by atoms with Crippen molar-refractivity contribution in [3.8, 4) is 11.5 Å². The SMILES string of the molecule is CN(C(=O)c1ccc(-c2nc3ccc(Cl)cc3o2)cc1)[C@]1(C(N)=O)C[CH]CC1. The van der Waals surface area contributed by atoms with Gasteiger partial charge in [0.2, 0.25) is 11.8 Å². The van der Waals surface area contributed by atoms with E-state index in [2.05, 4.69) is 4.98 Å². The second kappa shape index (κ2) is 6.95. The molecular formula is C21H19ClN3O3. The average molecular weight is 397 g/mol. The number of aromatic nitrogens is 1. The number of oxazole rings is 1. The van der Waals surface area contributed by atoms with Crippen LogP contribution < -0.4 is 5.73 Å². The summed E-state index contributed by atoms with van der Waals surface area (Å²) >= 11 is 5.98. The lowest BCUT2D eigenvalue weighted by molar-refractivity contribution is -0.127. The Labute approximate surface area is 167 Å². The highest BCUT2D eigenvalue weighted by atomic mass is 35.5. The molecule has 3 aromatic rings. The standard InChI is InChI=1S/C21H19ClN3O3/c1-25(21(20(23)27)10-2-3-11-21)19(26)14-6-4-13(5-7-14)18-24-16-9-8-15(22)12-17(16)28-18/h2,4-9,12H,3,10-11H2,1H3,(H2,23,27)/t21-/m1/s1. The Balaban J connectivity index is 1.60. The van der Waals surface area contributed by atoms with Gasteiger partial charge in [-0.15, -0.1) is 0 Å². The number of hydrogen-bond acceptors (Lipinski definition) is 4. The number of carbonyl (C=O) groups excluding carboxylic acids is 2. The molecule has 4 rings (SSSR count). The van der Waals surface area contributed by atoms with Crippen LogP contribution in [0.2, 0.25) is 5.02 Å². The molecule has 7 heteroatoms. The van der Waals surface area contributed by atoms with Crippen LogP contribution >= 0.6 is 11.6 Å². The van der Waals surface area contributed by atoms with Gasteiger partial charge in [0.05, 0.1) is 0 Å². The Hall–Kier alpha value is -2.86. The summed E-state index contributed by atoms with van der Waals surface area (Å²) in [7, 11) is 1.63. The van der Waals surface area contributed by atoms with E-state index in [9.17, 15) is 9.59 Å². The second-order valence-corrected chi connectivity index (χ2v) is 7.44. The fraction of sp³-hybridized carbons (Fsp3) is 0.238. The minimum Gasteiger partial charge on any atom is -0.436 e. The van der Waals surface area contributed by atoms with Crippen molar-refractivity contribution in [1.82, 2.24) is 9.88 Å². The van der Waals surface area contributed by atoms with E-state index >= 15 is 0 Å². The maximum absolute atomic E-state index is 12.9. The van der Waals surface area contributed by atoms with Gasteiger partial charge in [-0.2, -0.15) is 0 Å². The van der Waals surface area contributed by atoms with Crippen molar-refractivity contribution in [2.45, 2.75) is 24.8 Å². The maximum atomic E-state index is 12.9. The van der Waals surface area contributed by atoms with Crippen molar-refractivity contribution in [3.05, 3.63) is 59.5 Å². The van der Waals surface area contributed by atoms with Crippen LogP contribution in [-0.2, 0) is 4.79 Å². The third kappa shape index (κ3) is 3.03. The van der Waals surface area contributed by atoms with Crippen LogP contribution in [0.3, 0.4) is 0 Å². The molecule has 1 aliphatic rings. The molecule has 0 aliphatic heterocycles. The van der Waals surface area contributed by atoms with Gasteiger partial charge >= 0.3 is 0 Å². The number of amides is 2. The molecule has 28 heavy (non-hydrogen) atoms. The van der Waals surface area contributed by atoms with Crippen LogP contribution in [0.25, 0.3) is 22.6 Å². The molecule has 2 N–H and O–H groups in total. The maximum Gasteiger partial charge on any atom is 0.254 e. The molecule has 143 valence electrons. The van der Waals surface area contributed by atoms with Crippen LogP contribution in [-0.4, -0.2) is 34.3 Å². The van der Waals surface area contributed by atoms with E-state index in [1.165, 1.54) is 4.90 Å². The molecule has 6 nitrogen and oxygen atoms in total. The molecule has 1 fully saturated rings. The predicted octanol–water partition coefficient (Wildman–Crippen LogP) is 3.83. The molecule has 2 amide bonds. The number of carbonyl (C=O) groups is 2. The summed E-state index contributed by atoms with van der Waals surface area (Å²) in [6.45, 7) is 0. The van der Waals surface area contributed by atoms with Crippen LogP contribution in [0.15, 0.2) is 46.9 Å². The summed E-state index contributed by atoms with van der Waals surface area (Å²) in [5.41, 5.74) is 7.19. The molecule has 0 saturated heterocycles. The first kappa shape index (κ1) is 18.5. The third-order valence-electron chi connectivity index (χ3n) is 5.38. The molecule has 1 aromatic heterocycles. The first-order valence-electron chi connectivity index (χ1n) is 8.97. The van der Waals surface area contributed by atoms with Gasteiger partial charge in [-0.3, -0.25) is 9.59 Å². The minimum absolute atomic E-state index is 0.245. The summed E-state index contributed by atoms with van der Waals surface area (Å²) in [6, 6.07) is 12.2. The van der Waals surface area contributed by atoms with E-state index in [-0.39, 0.29) is 5.91 Å². The molecule has 0 spiro atoms. The highest BCUT2D eigenvalue weighted by Gasteiger charge is 2.45. The highest BCUT2D eigenvalue weighted by molar-refractivity contribution is 6.31. The minimum atomic E-state index is -0.949. The molecule has 1 saturated carbocycles. The fourth-order valence-corrected chi connectivity index (χ4v) is 3.80. The molecule has 1 heterocycles. The number of halogens is 1. The van der Waals surface area contributed by atoms with Crippen molar-refractivity contribution in [2.24, 2.45) is 5.73 Å². The van der Waals surface area contributed by atoms with Crippen molar-refractivity contribution in [1.29, 1.82) is 0 Å². The number of nitrogens with two attached hydrogens (primary N) is 1. The lowest BCUT2D eigenvalue weighted by atomic mass is 9.93. The zero-order valence-electron chi connectivity index (χ0n) is 15.3. The predicted molar refractivity (Wildman–Crippen MR) is 107 cm³/mol. The number of primary amides is 1. The van der Waals surface area contributed by atoms with E-state index in [0.717, 1.165) is 12.0 Å². The molecule has 2 aromatic carbocycles. The lowest BCUT2D eigenvalue weighted by Gasteiger charge is -2.36. The molecule has 1 atom stereocenters. The average Bonchev–Trinajstić information content (AvgIpc) is 3.34. The molecule has 1 radical (unpaired) electrons. The Morgan fingerprint density at radius 2 is 1.96 bits per heavy atom. The van der Waals surface area contributed by atoms with Gasteiger partial charge in [0.25, 0.3) is 5.91 Å². The van der Waals surface area contributed by atoms with E-state index in [4.69, 9.17) is 21.8 Å². The summed E-state index contributed by atoms with van der Waals surface area (Å²) in [6.07, 6.45) is 3.79. The first-order valence-corrected chi connectivity index (χ1v) is 9.35. The summed E-state index contributed by atoms with van der Waals surface area (Å²) in [5.74, 6) is -0.271. The Bertz CT molecular complexity index is 1050. The number of benzene rings is 2. The van der Waals surface area contributed by atoms with E-state index in [1.807, 2.05) is 6.42 Å². The van der Waals surface area contributed by atoms with Gasteiger partial charge in [-0.25, -0.2) is 4.98 Å². The number of fused-ring (bicyclic) bond motifs is 1. The highest BCUT2D eigenvalue weighted by Crippen LogP contribution is 2.35. The monoisotopic (exact) mass is 396 g/mol. The normalized spacial score (nSPS) is 15.6. The number of nitrogens with zero attached hydrogens (tertiary/aromatic N) is 2. The van der Waals surface area contributed by atoms with Gasteiger partial charge < -0.3 is 15.1 Å². The van der Waals surface area contributed by atoms with Crippen molar-refractivity contribution >= 4 is 34.5 Å². The third-order valence-corrected chi connectivity index (χ3v) is 5.61. The van der Waals surface area contributed by atoms with Gasteiger partial charge in [0.15, 0.2) is 5.58 Å². The molecule has 0 unspecified atom stereocenters. The summed E-state index contributed by atoms with van der Waals surface area (Å²) < 4.78 is 5.76. The number of rotatable bonds is 4. The van der Waals surface area contributed by atoms with Crippen molar-refractivity contribution in [2.75, 3.05) is 7.05 Å². The van der Waals surface area contributed by atoms with Crippen molar-refractivity contribution < 1.29 is 14.0 Å². The van der Waals surface area contributed by atoms with Crippen LogP contribution in [0, 0.1) is 6.42 Å². The number of hydrogen-bond donors (Lipinski definition) is 1. The summed E-state index contributed by atoms with van der Waals surface area (Å²) in [5, 5.41) is 0.576. The van der Waals surface area contributed by atoms with E-state index in [0.29, 0.717) is 40.4 Å². The fourth-order valence-electron chi connectivity index (χ4n) is 3.64. The zero-order valence-corrected chi connectivity index (χ0v) is 16.1. The smallest absolute Gasteiger partial charge is 0.254 e. The van der Waals surface area contributed by atoms with Gasteiger partial charge in [-0.1, -0.05) is 11.6 Å². The Morgan fingerprint density at radius 3 is 2.61 bits per heavy atom. The van der Waals surface area contributed by atoms with Gasteiger partial charge in [-0.05, 0) is 62.1 Å². The molecule has 0 bridgehead atoms. The van der Waals surface area contributed by atoms with E-state index < -0.39 is 11.4 Å². The quantitative estimate of drug-likeness (QED) is 0.725. The van der Waals surface area contributed by atoms with Crippen molar-refractivity contribution in [3.63, 3.8) is 0 Å². The summed E-state index contributed by atoms with van der Waals surface area (Å²) in [4.78, 5) is 30.9. The van der Waals surface area contributed by atoms with E-state index in [1.54, 1.807) is 49.5 Å².